The molecule has 9 heteroatoms. The molecular weight excluding hydrogens is 385 g/mol. The first-order valence-electron chi connectivity index (χ1n) is 9.65. The van der Waals surface area contributed by atoms with Gasteiger partial charge in [0.05, 0.1) is 19.0 Å². The second-order valence-electron chi connectivity index (χ2n) is 7.32. The number of H-pyrrole nitrogens is 1. The van der Waals surface area contributed by atoms with Crippen molar-refractivity contribution in [2.75, 3.05) is 32.6 Å². The maximum Gasteiger partial charge on any atom is 0.288 e. The van der Waals surface area contributed by atoms with Gasteiger partial charge < -0.3 is 19.8 Å². The van der Waals surface area contributed by atoms with Gasteiger partial charge in [-0.05, 0) is 56.6 Å². The molecule has 0 spiro atoms. The van der Waals surface area contributed by atoms with Gasteiger partial charge in [0.25, 0.3) is 5.82 Å². The van der Waals surface area contributed by atoms with Gasteiger partial charge in [-0.15, -0.1) is 4.98 Å². The van der Waals surface area contributed by atoms with E-state index >= 15 is 0 Å². The fraction of sp³-hybridized carbons (Fsp3) is 0.333. The maximum atomic E-state index is 15.0. The average Bonchev–Trinajstić information content (AvgIpc) is 3.23. The van der Waals surface area contributed by atoms with Gasteiger partial charge >= 0.3 is 0 Å². The lowest BCUT2D eigenvalue weighted by atomic mass is 9.88. The molecule has 3 heterocycles. The lowest BCUT2D eigenvalue weighted by Gasteiger charge is -2.29. The Bertz CT molecular complexity index is 1070. The zero-order valence-corrected chi connectivity index (χ0v) is 16.8. The number of methoxy groups -OCH3 is 1. The van der Waals surface area contributed by atoms with Gasteiger partial charge in [0.1, 0.15) is 11.6 Å². The highest BCUT2D eigenvalue weighted by molar-refractivity contribution is 5.71. The zero-order valence-electron chi connectivity index (χ0n) is 16.8. The number of nitrogens with zero attached hydrogens (tertiary/aromatic N) is 5. The van der Waals surface area contributed by atoms with Gasteiger partial charge in [0, 0.05) is 11.6 Å². The molecule has 8 nitrogen and oxygen atoms in total. The SMILES string of the molecule is [C-]#[N+]c1cnc(Nc2cc(-c3cc(F)c(C4CCN(C)CC4)cc3OC)[nH]n2)cn1. The van der Waals surface area contributed by atoms with Crippen molar-refractivity contribution in [3.05, 3.63) is 53.4 Å². The van der Waals surface area contributed by atoms with Gasteiger partial charge in [0.15, 0.2) is 17.8 Å². The highest BCUT2D eigenvalue weighted by Gasteiger charge is 2.24. The number of anilines is 2. The van der Waals surface area contributed by atoms with E-state index < -0.39 is 0 Å². The van der Waals surface area contributed by atoms with Crippen molar-refractivity contribution in [2.24, 2.45) is 0 Å². The number of ether oxygens (including phenoxy) is 1. The Labute approximate surface area is 173 Å². The van der Waals surface area contributed by atoms with Crippen molar-refractivity contribution in [1.82, 2.24) is 25.1 Å². The number of hydrogen-bond donors (Lipinski definition) is 2. The summed E-state index contributed by atoms with van der Waals surface area (Å²) in [4.78, 5) is 13.6. The molecule has 0 saturated carbocycles. The van der Waals surface area contributed by atoms with E-state index in [1.807, 2.05) is 6.07 Å². The Morgan fingerprint density at radius 3 is 2.67 bits per heavy atom. The first-order valence-corrected chi connectivity index (χ1v) is 9.65. The third-order valence-electron chi connectivity index (χ3n) is 5.35. The lowest BCUT2D eigenvalue weighted by molar-refractivity contribution is 0.252. The molecule has 1 fully saturated rings. The molecule has 1 aliphatic rings. The summed E-state index contributed by atoms with van der Waals surface area (Å²) in [7, 11) is 3.67. The molecule has 0 aliphatic carbocycles. The first kappa shape index (κ1) is 19.8. The van der Waals surface area contributed by atoms with E-state index in [4.69, 9.17) is 11.3 Å². The van der Waals surface area contributed by atoms with Crippen LogP contribution in [0.25, 0.3) is 16.1 Å². The van der Waals surface area contributed by atoms with Crippen molar-refractivity contribution >= 4 is 17.5 Å². The summed E-state index contributed by atoms with van der Waals surface area (Å²) in [5, 5.41) is 10.1. The summed E-state index contributed by atoms with van der Waals surface area (Å²) >= 11 is 0. The highest BCUT2D eigenvalue weighted by atomic mass is 19.1. The van der Waals surface area contributed by atoms with Crippen LogP contribution in [0.1, 0.15) is 24.3 Å². The van der Waals surface area contributed by atoms with Crippen LogP contribution in [0.15, 0.2) is 30.6 Å². The van der Waals surface area contributed by atoms with Crippen LogP contribution in [0.2, 0.25) is 0 Å². The van der Waals surface area contributed by atoms with E-state index in [9.17, 15) is 4.39 Å². The monoisotopic (exact) mass is 407 g/mol. The van der Waals surface area contributed by atoms with Crippen molar-refractivity contribution in [1.29, 1.82) is 0 Å². The Balaban J connectivity index is 1.57. The molecule has 0 unspecified atom stereocenters. The van der Waals surface area contributed by atoms with Crippen LogP contribution < -0.4 is 10.1 Å². The largest absolute Gasteiger partial charge is 0.496 e. The molecule has 2 aromatic heterocycles. The van der Waals surface area contributed by atoms with Gasteiger partial charge in [-0.1, -0.05) is 6.57 Å². The van der Waals surface area contributed by atoms with Gasteiger partial charge in [0.2, 0.25) is 0 Å². The number of benzene rings is 1. The number of aromatic amines is 1. The molecule has 1 aliphatic heterocycles. The summed E-state index contributed by atoms with van der Waals surface area (Å²) in [5.41, 5.74) is 1.92. The summed E-state index contributed by atoms with van der Waals surface area (Å²) in [5.74, 6) is 1.73. The second-order valence-corrected chi connectivity index (χ2v) is 7.32. The summed E-state index contributed by atoms with van der Waals surface area (Å²) in [6.45, 7) is 8.84. The molecule has 3 aromatic rings. The second kappa shape index (κ2) is 8.47. The summed E-state index contributed by atoms with van der Waals surface area (Å²) < 4.78 is 20.6. The van der Waals surface area contributed by atoms with Gasteiger partial charge in [-0.3, -0.25) is 5.10 Å². The van der Waals surface area contributed by atoms with Crippen LogP contribution in [0.4, 0.5) is 21.8 Å². The van der Waals surface area contributed by atoms with Gasteiger partial charge in [-0.25, -0.2) is 9.37 Å². The van der Waals surface area contributed by atoms with Crippen LogP contribution >= 0.6 is 0 Å². The number of nitrogens with one attached hydrogen (secondary N) is 2. The molecule has 2 N–H and O–H groups in total. The van der Waals surface area contributed by atoms with Crippen molar-refractivity contribution in [2.45, 2.75) is 18.8 Å². The summed E-state index contributed by atoms with van der Waals surface area (Å²) in [6, 6.07) is 5.06. The van der Waals surface area contributed by atoms with E-state index in [1.165, 1.54) is 18.5 Å². The topological polar surface area (TPSA) is 83.3 Å². The smallest absolute Gasteiger partial charge is 0.288 e. The lowest BCUT2D eigenvalue weighted by Crippen LogP contribution is -2.29. The Kier molecular flexibility index (Phi) is 5.59. The minimum absolute atomic E-state index is 0.195. The Morgan fingerprint density at radius 1 is 1.20 bits per heavy atom. The molecule has 0 amide bonds. The number of hydrogen-bond acceptors (Lipinski definition) is 6. The molecule has 0 radical (unpaired) electrons. The standard InChI is InChI=1S/C21H22FN7O/c1-23-20-11-25-21(12-24-20)26-19-10-17(27-28-19)15-8-16(22)14(9-18(15)30-3)13-4-6-29(2)7-5-13/h8-13H,4-7H2,2-3H3,(H2,25,26,27,28). The molecule has 0 bridgehead atoms. The summed E-state index contributed by atoms with van der Waals surface area (Å²) in [6.07, 6.45) is 4.70. The van der Waals surface area contributed by atoms with Crippen LogP contribution in [0.5, 0.6) is 5.75 Å². The van der Waals surface area contributed by atoms with E-state index in [2.05, 4.69) is 42.3 Å². The Hall–Kier alpha value is -3.51. The minimum Gasteiger partial charge on any atom is -0.496 e. The minimum atomic E-state index is -0.231. The number of rotatable bonds is 5. The van der Waals surface area contributed by atoms with Crippen molar-refractivity contribution < 1.29 is 9.13 Å². The molecule has 154 valence electrons. The molecular formula is C21H22FN7O. The van der Waals surface area contributed by atoms with E-state index in [-0.39, 0.29) is 17.6 Å². The third-order valence-corrected chi connectivity index (χ3v) is 5.35. The van der Waals surface area contributed by atoms with E-state index in [0.29, 0.717) is 34.2 Å². The number of halogens is 1. The van der Waals surface area contributed by atoms with Crippen LogP contribution in [-0.2, 0) is 0 Å². The van der Waals surface area contributed by atoms with Crippen LogP contribution in [-0.4, -0.2) is 52.3 Å². The molecule has 1 aromatic carbocycles. The maximum absolute atomic E-state index is 15.0. The zero-order chi connectivity index (χ0) is 21.1. The first-order chi connectivity index (χ1) is 14.6. The third kappa shape index (κ3) is 4.09. The fourth-order valence-corrected chi connectivity index (χ4v) is 3.68. The van der Waals surface area contributed by atoms with Crippen LogP contribution in [0, 0.1) is 12.4 Å². The van der Waals surface area contributed by atoms with E-state index in [1.54, 1.807) is 13.2 Å². The number of likely N-dealkylation sites (tertiary alicyclic amines) is 1. The normalized spacial score (nSPS) is 15.0. The van der Waals surface area contributed by atoms with Crippen LogP contribution in [0.3, 0.4) is 0 Å². The predicted molar refractivity (Wildman–Crippen MR) is 112 cm³/mol. The highest BCUT2D eigenvalue weighted by Crippen LogP contribution is 2.37. The molecule has 1 saturated heterocycles. The predicted octanol–water partition coefficient (Wildman–Crippen LogP) is 4.12. The Morgan fingerprint density at radius 2 is 2.00 bits per heavy atom. The average molecular weight is 407 g/mol. The van der Waals surface area contributed by atoms with Gasteiger partial charge in [-0.2, -0.15) is 5.10 Å². The van der Waals surface area contributed by atoms with Crippen molar-refractivity contribution in [3.63, 3.8) is 0 Å². The van der Waals surface area contributed by atoms with Crippen molar-refractivity contribution in [3.8, 4) is 17.0 Å². The molecule has 30 heavy (non-hydrogen) atoms. The number of piperidine rings is 1. The van der Waals surface area contributed by atoms with E-state index in [0.717, 1.165) is 25.9 Å². The number of aromatic nitrogens is 4. The fourth-order valence-electron chi connectivity index (χ4n) is 3.68. The quantitative estimate of drug-likeness (QED) is 0.619. The molecule has 4 rings (SSSR count). The molecule has 0 atom stereocenters.